The molecule has 118 valence electrons. The van der Waals surface area contributed by atoms with Crippen LogP contribution in [0.3, 0.4) is 0 Å². The van der Waals surface area contributed by atoms with Crippen LogP contribution in [0, 0.1) is 0 Å². The number of carbonyl (C=O) groups is 1. The van der Waals surface area contributed by atoms with Gasteiger partial charge in [-0.2, -0.15) is 0 Å². The standard InChI is InChI=1S/C17H28N2O2/c1-5-21-16-10-8-15(9-11-16)14(4)19-17(20)7-6-12-18-13(2)3/h8-11,13-14,18H,5-7,12H2,1-4H3,(H,19,20). The van der Waals surface area contributed by atoms with Crippen molar-refractivity contribution in [1.82, 2.24) is 10.6 Å². The van der Waals surface area contributed by atoms with Crippen molar-refractivity contribution < 1.29 is 9.53 Å². The van der Waals surface area contributed by atoms with E-state index in [-0.39, 0.29) is 11.9 Å². The second-order valence-corrected chi connectivity index (χ2v) is 5.50. The zero-order valence-corrected chi connectivity index (χ0v) is 13.6. The van der Waals surface area contributed by atoms with Crippen molar-refractivity contribution in [2.75, 3.05) is 13.2 Å². The first-order valence-electron chi connectivity index (χ1n) is 7.78. The second-order valence-electron chi connectivity index (χ2n) is 5.50. The van der Waals surface area contributed by atoms with E-state index in [4.69, 9.17) is 4.74 Å². The van der Waals surface area contributed by atoms with Crippen LogP contribution >= 0.6 is 0 Å². The Kier molecular flexibility index (Phi) is 7.83. The summed E-state index contributed by atoms with van der Waals surface area (Å²) in [6.45, 7) is 9.71. The van der Waals surface area contributed by atoms with Crippen molar-refractivity contribution in [3.8, 4) is 5.75 Å². The number of nitrogens with one attached hydrogen (secondary N) is 2. The Balaban J connectivity index is 2.34. The third-order valence-corrected chi connectivity index (χ3v) is 3.20. The largest absolute Gasteiger partial charge is 0.494 e. The van der Waals surface area contributed by atoms with Crippen LogP contribution in [0.15, 0.2) is 24.3 Å². The van der Waals surface area contributed by atoms with Gasteiger partial charge in [0.1, 0.15) is 5.75 Å². The molecule has 0 saturated carbocycles. The minimum Gasteiger partial charge on any atom is -0.494 e. The van der Waals surface area contributed by atoms with Crippen molar-refractivity contribution in [3.63, 3.8) is 0 Å². The van der Waals surface area contributed by atoms with E-state index in [1.54, 1.807) is 0 Å². The fraction of sp³-hybridized carbons (Fsp3) is 0.588. The molecule has 0 aliphatic heterocycles. The molecule has 0 spiro atoms. The summed E-state index contributed by atoms with van der Waals surface area (Å²) in [7, 11) is 0. The lowest BCUT2D eigenvalue weighted by Gasteiger charge is -2.15. The molecule has 1 aromatic rings. The number of rotatable bonds is 9. The van der Waals surface area contributed by atoms with Gasteiger partial charge in [-0.3, -0.25) is 4.79 Å². The maximum Gasteiger partial charge on any atom is 0.220 e. The molecule has 0 saturated heterocycles. The molecule has 4 nitrogen and oxygen atoms in total. The van der Waals surface area contributed by atoms with Crippen LogP contribution < -0.4 is 15.4 Å². The second kappa shape index (κ2) is 9.40. The molecule has 1 rings (SSSR count). The number of hydrogen-bond acceptors (Lipinski definition) is 3. The highest BCUT2D eigenvalue weighted by atomic mass is 16.5. The van der Waals surface area contributed by atoms with E-state index < -0.39 is 0 Å². The van der Waals surface area contributed by atoms with Crippen molar-refractivity contribution >= 4 is 5.91 Å². The summed E-state index contributed by atoms with van der Waals surface area (Å²) in [4.78, 5) is 11.9. The van der Waals surface area contributed by atoms with Gasteiger partial charge in [0.05, 0.1) is 12.6 Å². The molecule has 0 aliphatic rings. The molecule has 21 heavy (non-hydrogen) atoms. The van der Waals surface area contributed by atoms with E-state index in [1.165, 1.54) is 0 Å². The zero-order valence-electron chi connectivity index (χ0n) is 13.6. The molecular formula is C17H28N2O2. The molecule has 1 amide bonds. The molecule has 0 heterocycles. The van der Waals surface area contributed by atoms with E-state index >= 15 is 0 Å². The number of amides is 1. The molecule has 1 unspecified atom stereocenters. The Labute approximate surface area is 128 Å². The van der Waals surface area contributed by atoms with Gasteiger partial charge in [0.2, 0.25) is 5.91 Å². The van der Waals surface area contributed by atoms with Crippen LogP contribution in [0.1, 0.15) is 52.1 Å². The molecule has 4 heteroatoms. The molecular weight excluding hydrogens is 264 g/mol. The van der Waals surface area contributed by atoms with Gasteiger partial charge in [-0.15, -0.1) is 0 Å². The average molecular weight is 292 g/mol. The van der Waals surface area contributed by atoms with Crippen LogP contribution in [-0.2, 0) is 4.79 Å². The molecule has 0 fully saturated rings. The van der Waals surface area contributed by atoms with Crippen molar-refractivity contribution in [3.05, 3.63) is 29.8 Å². The third-order valence-electron chi connectivity index (χ3n) is 3.20. The van der Waals surface area contributed by atoms with Crippen molar-refractivity contribution in [2.24, 2.45) is 0 Å². The van der Waals surface area contributed by atoms with Gasteiger partial charge in [0.15, 0.2) is 0 Å². The Hall–Kier alpha value is -1.55. The van der Waals surface area contributed by atoms with Gasteiger partial charge in [-0.25, -0.2) is 0 Å². The third kappa shape index (κ3) is 7.14. The molecule has 2 N–H and O–H groups in total. The molecule has 0 aromatic heterocycles. The lowest BCUT2D eigenvalue weighted by molar-refractivity contribution is -0.121. The quantitative estimate of drug-likeness (QED) is 0.688. The van der Waals surface area contributed by atoms with Crippen LogP contribution in [0.5, 0.6) is 5.75 Å². The van der Waals surface area contributed by atoms with Crippen molar-refractivity contribution in [1.29, 1.82) is 0 Å². The fourth-order valence-corrected chi connectivity index (χ4v) is 2.06. The summed E-state index contributed by atoms with van der Waals surface area (Å²) >= 11 is 0. The van der Waals surface area contributed by atoms with Gasteiger partial charge in [-0.05, 0) is 44.5 Å². The lowest BCUT2D eigenvalue weighted by Crippen LogP contribution is -2.28. The van der Waals surface area contributed by atoms with Gasteiger partial charge in [0.25, 0.3) is 0 Å². The van der Waals surface area contributed by atoms with E-state index in [0.29, 0.717) is 19.1 Å². The first-order valence-corrected chi connectivity index (χ1v) is 7.78. The summed E-state index contributed by atoms with van der Waals surface area (Å²) in [5.74, 6) is 0.960. The van der Waals surface area contributed by atoms with E-state index in [9.17, 15) is 4.79 Å². The smallest absolute Gasteiger partial charge is 0.220 e. The molecule has 0 aliphatic carbocycles. The zero-order chi connectivity index (χ0) is 15.7. The summed E-state index contributed by atoms with van der Waals surface area (Å²) in [6, 6.07) is 8.36. The van der Waals surface area contributed by atoms with Gasteiger partial charge in [0, 0.05) is 12.5 Å². The summed E-state index contributed by atoms with van der Waals surface area (Å²) in [5, 5.41) is 6.34. The van der Waals surface area contributed by atoms with E-state index in [2.05, 4.69) is 24.5 Å². The molecule has 0 radical (unpaired) electrons. The van der Waals surface area contributed by atoms with Crippen LogP contribution in [0.4, 0.5) is 0 Å². The SMILES string of the molecule is CCOc1ccc(C(C)NC(=O)CCCNC(C)C)cc1. The molecule has 0 bridgehead atoms. The topological polar surface area (TPSA) is 50.4 Å². The van der Waals surface area contributed by atoms with E-state index in [1.807, 2.05) is 38.1 Å². The monoisotopic (exact) mass is 292 g/mol. The minimum atomic E-state index is 0.0197. The van der Waals surface area contributed by atoms with Crippen LogP contribution in [-0.4, -0.2) is 25.1 Å². The number of ether oxygens (including phenoxy) is 1. The summed E-state index contributed by atoms with van der Waals surface area (Å²) in [5.41, 5.74) is 1.09. The number of hydrogen-bond donors (Lipinski definition) is 2. The first-order chi connectivity index (χ1) is 10.0. The highest BCUT2D eigenvalue weighted by Gasteiger charge is 2.09. The normalized spacial score (nSPS) is 12.2. The maximum absolute atomic E-state index is 11.9. The predicted octanol–water partition coefficient (Wildman–Crippen LogP) is 3.04. The van der Waals surface area contributed by atoms with Crippen molar-refractivity contribution in [2.45, 2.75) is 52.6 Å². The summed E-state index contributed by atoms with van der Waals surface area (Å²) < 4.78 is 5.41. The first kappa shape index (κ1) is 17.5. The highest BCUT2D eigenvalue weighted by molar-refractivity contribution is 5.76. The predicted molar refractivity (Wildman–Crippen MR) is 86.5 cm³/mol. The van der Waals surface area contributed by atoms with Gasteiger partial charge in [-0.1, -0.05) is 26.0 Å². The fourth-order valence-electron chi connectivity index (χ4n) is 2.06. The number of carbonyl (C=O) groups excluding carboxylic acids is 1. The van der Waals surface area contributed by atoms with Crippen LogP contribution in [0.2, 0.25) is 0 Å². The minimum absolute atomic E-state index is 0.0197. The van der Waals surface area contributed by atoms with Gasteiger partial charge >= 0.3 is 0 Å². The number of benzene rings is 1. The lowest BCUT2D eigenvalue weighted by atomic mass is 10.1. The Bertz CT molecular complexity index is 415. The molecule has 1 atom stereocenters. The van der Waals surface area contributed by atoms with Crippen LogP contribution in [0.25, 0.3) is 0 Å². The Morgan fingerprint density at radius 3 is 2.43 bits per heavy atom. The Morgan fingerprint density at radius 2 is 1.86 bits per heavy atom. The highest BCUT2D eigenvalue weighted by Crippen LogP contribution is 2.17. The van der Waals surface area contributed by atoms with Gasteiger partial charge < -0.3 is 15.4 Å². The molecule has 1 aromatic carbocycles. The van der Waals surface area contributed by atoms with E-state index in [0.717, 1.165) is 24.3 Å². The Morgan fingerprint density at radius 1 is 1.19 bits per heavy atom. The average Bonchev–Trinajstić information content (AvgIpc) is 2.44. The maximum atomic E-state index is 11.9. The summed E-state index contributed by atoms with van der Waals surface area (Å²) in [6.07, 6.45) is 1.42.